The quantitative estimate of drug-likeness (QED) is 0.210. The Morgan fingerprint density at radius 1 is 0.522 bits per heavy atom. The lowest BCUT2D eigenvalue weighted by Gasteiger charge is -2.33. The maximum atomic E-state index is 2.40. The first-order valence-electron chi connectivity index (χ1n) is 11.2. The van der Waals surface area contributed by atoms with E-state index < -0.39 is 0 Å². The van der Waals surface area contributed by atoms with Crippen molar-refractivity contribution >= 4 is 0 Å². The molecule has 0 spiro atoms. The van der Waals surface area contributed by atoms with Crippen LogP contribution in [-0.2, 0) is 0 Å². The Kier molecular flexibility index (Phi) is 13.1. The third-order valence-electron chi connectivity index (χ3n) is 6.17. The predicted molar refractivity (Wildman–Crippen MR) is 105 cm³/mol. The van der Waals surface area contributed by atoms with Gasteiger partial charge in [0.05, 0.1) is 26.2 Å². The average Bonchev–Trinajstić information content (AvgIpc) is 3.04. The first-order chi connectivity index (χ1) is 11.3. The maximum absolute atomic E-state index is 2.40. The van der Waals surface area contributed by atoms with E-state index in [0.29, 0.717) is 0 Å². The Morgan fingerprint density at radius 2 is 0.913 bits per heavy atom. The lowest BCUT2D eigenvalue weighted by molar-refractivity contribution is -0.915. The van der Waals surface area contributed by atoms with Crippen molar-refractivity contribution in [3.8, 4) is 0 Å². The van der Waals surface area contributed by atoms with E-state index in [1.807, 2.05) is 0 Å². The molecule has 1 heterocycles. The molecule has 0 aliphatic carbocycles. The number of quaternary nitrogens is 1. The second-order valence-corrected chi connectivity index (χ2v) is 8.13. The summed E-state index contributed by atoms with van der Waals surface area (Å²) in [6.45, 7) is 10.5. The van der Waals surface area contributed by atoms with Crippen LogP contribution in [0.15, 0.2) is 0 Å². The molecule has 0 atom stereocenters. The van der Waals surface area contributed by atoms with E-state index in [9.17, 15) is 0 Å². The molecule has 0 saturated carbocycles. The van der Waals surface area contributed by atoms with Crippen molar-refractivity contribution in [2.75, 3.05) is 26.2 Å². The lowest BCUT2D eigenvalue weighted by atomic mass is 10.0. The topological polar surface area (TPSA) is 0 Å². The summed E-state index contributed by atoms with van der Waals surface area (Å²) in [6, 6.07) is 0. The van der Waals surface area contributed by atoms with Crippen LogP contribution in [0.5, 0.6) is 0 Å². The third-order valence-corrected chi connectivity index (χ3v) is 6.17. The molecule has 138 valence electrons. The monoisotopic (exact) mass is 324 g/mol. The van der Waals surface area contributed by atoms with Gasteiger partial charge >= 0.3 is 0 Å². The molecule has 0 bridgehead atoms. The number of rotatable bonds is 16. The van der Waals surface area contributed by atoms with E-state index in [0.717, 1.165) is 0 Å². The molecule has 0 N–H and O–H groups in total. The summed E-state index contributed by atoms with van der Waals surface area (Å²) in [5, 5.41) is 0. The normalized spacial score (nSPS) is 17.0. The summed E-state index contributed by atoms with van der Waals surface area (Å²) in [6.07, 6.45) is 23.6. The van der Waals surface area contributed by atoms with Crippen molar-refractivity contribution in [1.82, 2.24) is 0 Å². The SMILES string of the molecule is CCCCCCCCCCCCCCCC[N+]1(CC)CCCC1. The van der Waals surface area contributed by atoms with E-state index in [4.69, 9.17) is 0 Å². The minimum absolute atomic E-state index is 1.37. The first kappa shape index (κ1) is 21.0. The predicted octanol–water partition coefficient (Wildman–Crippen LogP) is 7.10. The van der Waals surface area contributed by atoms with E-state index >= 15 is 0 Å². The van der Waals surface area contributed by atoms with Gasteiger partial charge in [-0.15, -0.1) is 0 Å². The van der Waals surface area contributed by atoms with Gasteiger partial charge in [-0.25, -0.2) is 0 Å². The molecule has 0 aromatic heterocycles. The second-order valence-electron chi connectivity index (χ2n) is 8.13. The van der Waals surface area contributed by atoms with Gasteiger partial charge in [0, 0.05) is 12.8 Å². The smallest absolute Gasteiger partial charge is 0.0788 e. The van der Waals surface area contributed by atoms with Gasteiger partial charge in [-0.2, -0.15) is 0 Å². The second kappa shape index (κ2) is 14.3. The van der Waals surface area contributed by atoms with Gasteiger partial charge in [0.25, 0.3) is 0 Å². The molecule has 1 heteroatoms. The van der Waals surface area contributed by atoms with Gasteiger partial charge in [-0.3, -0.25) is 0 Å². The number of nitrogens with zero attached hydrogens (tertiary/aromatic N) is 1. The summed E-state index contributed by atoms with van der Waals surface area (Å²) in [5.41, 5.74) is 0. The van der Waals surface area contributed by atoms with Crippen LogP contribution in [-0.4, -0.2) is 30.7 Å². The van der Waals surface area contributed by atoms with Gasteiger partial charge in [-0.1, -0.05) is 84.0 Å². The molecule has 1 saturated heterocycles. The van der Waals surface area contributed by atoms with Crippen molar-refractivity contribution in [3.63, 3.8) is 0 Å². The Bertz CT molecular complexity index is 242. The number of likely N-dealkylation sites (tertiary alicyclic amines) is 1. The highest BCUT2D eigenvalue weighted by Crippen LogP contribution is 2.20. The minimum Gasteiger partial charge on any atom is -0.324 e. The molecular formula is C22H46N+. The standard InChI is InChI=1S/C22H46N/c1-3-5-6-7-8-9-10-11-12-13-14-15-16-17-20-23(4-2)21-18-19-22-23/h3-22H2,1-2H3/q+1. The molecule has 1 aliphatic heterocycles. The molecule has 1 nitrogen and oxygen atoms in total. The fourth-order valence-electron chi connectivity index (χ4n) is 4.35. The molecule has 23 heavy (non-hydrogen) atoms. The summed E-state index contributed by atoms with van der Waals surface area (Å²) in [4.78, 5) is 0. The van der Waals surface area contributed by atoms with Crippen LogP contribution < -0.4 is 0 Å². The van der Waals surface area contributed by atoms with E-state index in [1.54, 1.807) is 0 Å². The summed E-state index contributed by atoms with van der Waals surface area (Å²) in [7, 11) is 0. The van der Waals surface area contributed by atoms with Crippen LogP contribution >= 0.6 is 0 Å². The van der Waals surface area contributed by atoms with E-state index in [1.165, 1.54) is 133 Å². The van der Waals surface area contributed by atoms with Crippen molar-refractivity contribution in [2.45, 2.75) is 117 Å². The Morgan fingerprint density at radius 3 is 1.30 bits per heavy atom. The number of hydrogen-bond acceptors (Lipinski definition) is 0. The fraction of sp³-hybridized carbons (Fsp3) is 1.00. The van der Waals surface area contributed by atoms with Crippen LogP contribution in [0.25, 0.3) is 0 Å². The van der Waals surface area contributed by atoms with Gasteiger partial charge in [0.1, 0.15) is 0 Å². The Balaban J connectivity index is 1.76. The minimum atomic E-state index is 1.37. The fourth-order valence-corrected chi connectivity index (χ4v) is 4.35. The molecule has 1 fully saturated rings. The molecule has 0 aromatic rings. The molecule has 0 amide bonds. The van der Waals surface area contributed by atoms with Gasteiger partial charge < -0.3 is 4.48 Å². The van der Waals surface area contributed by atoms with Gasteiger partial charge in [-0.05, 0) is 19.8 Å². The van der Waals surface area contributed by atoms with Gasteiger partial charge in [0.2, 0.25) is 0 Å². The molecule has 1 aliphatic rings. The molecule has 0 aromatic carbocycles. The van der Waals surface area contributed by atoms with Crippen LogP contribution in [0.2, 0.25) is 0 Å². The summed E-state index contributed by atoms with van der Waals surface area (Å²) < 4.78 is 1.44. The maximum Gasteiger partial charge on any atom is 0.0788 e. The Labute approximate surface area is 147 Å². The van der Waals surface area contributed by atoms with E-state index in [-0.39, 0.29) is 0 Å². The van der Waals surface area contributed by atoms with Crippen molar-refractivity contribution in [1.29, 1.82) is 0 Å². The van der Waals surface area contributed by atoms with Crippen LogP contribution in [0, 0.1) is 0 Å². The van der Waals surface area contributed by atoms with Gasteiger partial charge in [0.15, 0.2) is 0 Å². The highest BCUT2D eigenvalue weighted by molar-refractivity contribution is 4.55. The van der Waals surface area contributed by atoms with E-state index in [2.05, 4.69) is 13.8 Å². The highest BCUT2D eigenvalue weighted by atomic mass is 15.4. The number of hydrogen-bond donors (Lipinski definition) is 0. The zero-order valence-corrected chi connectivity index (χ0v) is 16.6. The lowest BCUT2D eigenvalue weighted by Crippen LogP contribution is -2.45. The molecule has 0 unspecified atom stereocenters. The summed E-state index contributed by atoms with van der Waals surface area (Å²) >= 11 is 0. The summed E-state index contributed by atoms with van der Waals surface area (Å²) in [5.74, 6) is 0. The van der Waals surface area contributed by atoms with Crippen molar-refractivity contribution in [2.24, 2.45) is 0 Å². The highest BCUT2D eigenvalue weighted by Gasteiger charge is 2.28. The number of unbranched alkanes of at least 4 members (excludes halogenated alkanes) is 13. The first-order valence-corrected chi connectivity index (χ1v) is 11.2. The van der Waals surface area contributed by atoms with Crippen molar-refractivity contribution < 1.29 is 4.48 Å². The molecular weight excluding hydrogens is 278 g/mol. The van der Waals surface area contributed by atoms with Crippen molar-refractivity contribution in [3.05, 3.63) is 0 Å². The third kappa shape index (κ3) is 10.4. The van der Waals surface area contributed by atoms with Crippen LogP contribution in [0.4, 0.5) is 0 Å². The average molecular weight is 325 g/mol. The zero-order chi connectivity index (χ0) is 16.6. The zero-order valence-electron chi connectivity index (χ0n) is 16.6. The van der Waals surface area contributed by atoms with Crippen LogP contribution in [0.3, 0.4) is 0 Å². The molecule has 0 radical (unpaired) electrons. The Hall–Kier alpha value is -0.0400. The van der Waals surface area contributed by atoms with Crippen LogP contribution in [0.1, 0.15) is 117 Å². The largest absolute Gasteiger partial charge is 0.324 e. The molecule has 1 rings (SSSR count).